The van der Waals surface area contributed by atoms with Crippen molar-refractivity contribution in [1.82, 2.24) is 4.98 Å². The summed E-state index contributed by atoms with van der Waals surface area (Å²) in [5.41, 5.74) is 0.489. The Hall–Kier alpha value is -1.70. The molecule has 0 bridgehead atoms. The summed E-state index contributed by atoms with van der Waals surface area (Å²) in [4.78, 5) is 19.0. The molecule has 0 radical (unpaired) electrons. The Morgan fingerprint density at radius 2 is 2.16 bits per heavy atom. The normalized spacial score (nSPS) is 19.8. The molecule has 0 N–H and O–H groups in total. The Bertz CT molecular complexity index is 603. The predicted octanol–water partition coefficient (Wildman–Crippen LogP) is 0.552. The number of pyridine rings is 1. The number of carbonyl (C=O) groups excluding carboxylic acids is 1. The molecular formula is C11H14FN3O3S. The van der Waals surface area contributed by atoms with E-state index in [0.717, 1.165) is 0 Å². The highest BCUT2D eigenvalue weighted by atomic mass is 32.3. The van der Waals surface area contributed by atoms with E-state index in [1.54, 1.807) is 37.3 Å². The van der Waals surface area contributed by atoms with Crippen molar-refractivity contribution in [3.05, 3.63) is 18.3 Å². The summed E-state index contributed by atoms with van der Waals surface area (Å²) < 4.78 is 34.8. The smallest absolute Gasteiger partial charge is 0.307 e. The van der Waals surface area contributed by atoms with Crippen molar-refractivity contribution >= 4 is 27.6 Å². The number of halogens is 1. The highest BCUT2D eigenvalue weighted by molar-refractivity contribution is 7.87. The first-order valence-electron chi connectivity index (χ1n) is 5.67. The first-order valence-corrected chi connectivity index (χ1v) is 7.11. The second kappa shape index (κ2) is 4.76. The van der Waals surface area contributed by atoms with Crippen molar-refractivity contribution < 1.29 is 17.1 Å². The largest absolute Gasteiger partial charge is 0.361 e. The number of nitrogens with zero attached hydrogens (tertiary/aromatic N) is 3. The fourth-order valence-electron chi connectivity index (χ4n) is 2.04. The van der Waals surface area contributed by atoms with Gasteiger partial charge in [0.05, 0.1) is 5.69 Å². The molecule has 1 atom stereocenters. The van der Waals surface area contributed by atoms with Gasteiger partial charge in [-0.25, -0.2) is 4.98 Å². The van der Waals surface area contributed by atoms with Gasteiger partial charge in [-0.15, -0.1) is 3.89 Å². The average Bonchev–Trinajstić information content (AvgIpc) is 2.71. The molecule has 0 spiro atoms. The SMILES string of the molecule is CN(C)c1ncccc1N1CC(S(=O)(=O)F)CC1=O. The molecule has 1 aromatic rings. The molecule has 1 aliphatic rings. The van der Waals surface area contributed by atoms with E-state index in [1.165, 1.54) is 4.90 Å². The van der Waals surface area contributed by atoms with E-state index in [2.05, 4.69) is 4.98 Å². The summed E-state index contributed by atoms with van der Waals surface area (Å²) in [6.07, 6.45) is 1.24. The van der Waals surface area contributed by atoms with E-state index < -0.39 is 21.4 Å². The fraction of sp³-hybridized carbons (Fsp3) is 0.455. The monoisotopic (exact) mass is 287 g/mol. The Labute approximate surface area is 111 Å². The van der Waals surface area contributed by atoms with Gasteiger partial charge in [0.25, 0.3) is 0 Å². The molecule has 0 aromatic carbocycles. The van der Waals surface area contributed by atoms with Crippen LogP contribution in [0.2, 0.25) is 0 Å². The van der Waals surface area contributed by atoms with Crippen molar-refractivity contribution in [1.29, 1.82) is 0 Å². The summed E-state index contributed by atoms with van der Waals surface area (Å²) in [6, 6.07) is 3.31. The van der Waals surface area contributed by atoms with E-state index in [4.69, 9.17) is 0 Å². The molecule has 104 valence electrons. The van der Waals surface area contributed by atoms with E-state index >= 15 is 0 Å². The second-order valence-corrected chi connectivity index (χ2v) is 6.16. The third-order valence-corrected chi connectivity index (χ3v) is 4.08. The van der Waals surface area contributed by atoms with Gasteiger partial charge in [-0.3, -0.25) is 4.79 Å². The molecule has 1 saturated heterocycles. The number of aromatic nitrogens is 1. The van der Waals surface area contributed by atoms with Crippen LogP contribution in [-0.4, -0.2) is 45.2 Å². The van der Waals surface area contributed by atoms with Gasteiger partial charge < -0.3 is 9.80 Å². The van der Waals surface area contributed by atoms with Gasteiger partial charge in [-0.1, -0.05) is 0 Å². The minimum Gasteiger partial charge on any atom is -0.361 e. The lowest BCUT2D eigenvalue weighted by atomic mass is 10.3. The van der Waals surface area contributed by atoms with Crippen molar-refractivity contribution in [3.8, 4) is 0 Å². The van der Waals surface area contributed by atoms with Crippen LogP contribution in [0.25, 0.3) is 0 Å². The van der Waals surface area contributed by atoms with Crippen LogP contribution in [0, 0.1) is 0 Å². The molecule has 6 nitrogen and oxygen atoms in total. The zero-order valence-electron chi connectivity index (χ0n) is 10.6. The summed E-state index contributed by atoms with van der Waals surface area (Å²) in [5, 5.41) is -1.30. The van der Waals surface area contributed by atoms with Gasteiger partial charge in [-0.05, 0) is 12.1 Å². The Balaban J connectivity index is 2.36. The number of hydrogen-bond acceptors (Lipinski definition) is 5. The number of rotatable bonds is 3. The zero-order valence-corrected chi connectivity index (χ0v) is 11.4. The van der Waals surface area contributed by atoms with Crippen molar-refractivity contribution in [2.24, 2.45) is 0 Å². The lowest BCUT2D eigenvalue weighted by molar-refractivity contribution is -0.117. The molecule has 2 heterocycles. The van der Waals surface area contributed by atoms with Gasteiger partial charge in [0.1, 0.15) is 5.25 Å². The fourth-order valence-corrected chi connectivity index (χ4v) is 2.71. The number of amides is 1. The molecule has 2 rings (SSSR count). The summed E-state index contributed by atoms with van der Waals surface area (Å²) >= 11 is 0. The van der Waals surface area contributed by atoms with Crippen LogP contribution in [0.5, 0.6) is 0 Å². The average molecular weight is 287 g/mol. The maximum absolute atomic E-state index is 13.0. The van der Waals surface area contributed by atoms with E-state index in [-0.39, 0.29) is 13.0 Å². The topological polar surface area (TPSA) is 70.6 Å². The van der Waals surface area contributed by atoms with Crippen LogP contribution in [0.3, 0.4) is 0 Å². The lowest BCUT2D eigenvalue weighted by Crippen LogP contribution is -2.29. The van der Waals surface area contributed by atoms with E-state index in [9.17, 15) is 17.1 Å². The van der Waals surface area contributed by atoms with Crippen LogP contribution in [0.15, 0.2) is 18.3 Å². The minimum absolute atomic E-state index is 0.176. The Morgan fingerprint density at radius 3 is 2.68 bits per heavy atom. The molecule has 1 aromatic heterocycles. The molecule has 8 heteroatoms. The first-order chi connectivity index (χ1) is 8.80. The molecule has 1 unspecified atom stereocenters. The van der Waals surface area contributed by atoms with Gasteiger partial charge in [0.15, 0.2) is 5.82 Å². The van der Waals surface area contributed by atoms with Crippen molar-refractivity contribution in [3.63, 3.8) is 0 Å². The molecular weight excluding hydrogens is 273 g/mol. The molecule has 1 amide bonds. The number of hydrogen-bond donors (Lipinski definition) is 0. The van der Waals surface area contributed by atoms with Gasteiger partial charge in [0.2, 0.25) is 5.91 Å². The summed E-state index contributed by atoms with van der Waals surface area (Å²) in [6.45, 7) is -0.176. The maximum atomic E-state index is 13.0. The third kappa shape index (κ3) is 2.67. The summed E-state index contributed by atoms with van der Waals surface area (Å²) in [5.74, 6) is 0.120. The van der Waals surface area contributed by atoms with E-state index in [0.29, 0.717) is 11.5 Å². The second-order valence-electron chi connectivity index (χ2n) is 4.55. The van der Waals surface area contributed by atoms with Crippen LogP contribution < -0.4 is 9.80 Å². The van der Waals surface area contributed by atoms with Crippen molar-refractivity contribution in [2.75, 3.05) is 30.4 Å². The molecule has 1 aliphatic heterocycles. The minimum atomic E-state index is -4.71. The van der Waals surface area contributed by atoms with Crippen LogP contribution in [0.1, 0.15) is 6.42 Å². The Morgan fingerprint density at radius 1 is 1.47 bits per heavy atom. The predicted molar refractivity (Wildman–Crippen MR) is 69.3 cm³/mol. The first kappa shape index (κ1) is 13.7. The third-order valence-electron chi connectivity index (χ3n) is 2.97. The molecule has 0 saturated carbocycles. The van der Waals surface area contributed by atoms with Gasteiger partial charge >= 0.3 is 10.2 Å². The van der Waals surface area contributed by atoms with Gasteiger partial charge in [0, 0.05) is 33.3 Å². The zero-order chi connectivity index (χ0) is 14.2. The van der Waals surface area contributed by atoms with Crippen LogP contribution in [-0.2, 0) is 15.0 Å². The number of anilines is 2. The standard InChI is InChI=1S/C11H14FN3O3S/c1-14(2)11-9(4-3-5-13-11)15-7-8(6-10(15)16)19(12,17)18/h3-5,8H,6-7H2,1-2H3. The highest BCUT2D eigenvalue weighted by Crippen LogP contribution is 2.31. The summed E-state index contributed by atoms with van der Waals surface area (Å²) in [7, 11) is -1.19. The molecule has 1 fully saturated rings. The molecule has 19 heavy (non-hydrogen) atoms. The maximum Gasteiger partial charge on any atom is 0.307 e. The lowest BCUT2D eigenvalue weighted by Gasteiger charge is -2.22. The quantitative estimate of drug-likeness (QED) is 0.759. The number of carbonyl (C=O) groups is 1. The van der Waals surface area contributed by atoms with Crippen LogP contribution in [0.4, 0.5) is 15.4 Å². The van der Waals surface area contributed by atoms with Crippen LogP contribution >= 0.6 is 0 Å². The van der Waals surface area contributed by atoms with Crippen molar-refractivity contribution in [2.45, 2.75) is 11.7 Å². The Kier molecular flexibility index (Phi) is 3.44. The van der Waals surface area contributed by atoms with Gasteiger partial charge in [-0.2, -0.15) is 8.42 Å². The molecule has 0 aliphatic carbocycles. The van der Waals surface area contributed by atoms with E-state index in [1.807, 2.05) is 0 Å². The highest BCUT2D eigenvalue weighted by Gasteiger charge is 2.40.